The largest absolute Gasteiger partial charge is 0.353 e. The van der Waals surface area contributed by atoms with E-state index in [-0.39, 0.29) is 5.91 Å². The average Bonchev–Trinajstić information content (AvgIpc) is 2.52. The zero-order valence-corrected chi connectivity index (χ0v) is 8.66. The minimum Gasteiger partial charge on any atom is -0.353 e. The molecule has 0 saturated carbocycles. The number of nitrogens with zero attached hydrogens (tertiary/aromatic N) is 1. The third-order valence-electron chi connectivity index (χ3n) is 1.98. The van der Waals surface area contributed by atoms with Crippen molar-refractivity contribution in [2.75, 3.05) is 6.54 Å². The van der Waals surface area contributed by atoms with Crippen LogP contribution in [0.1, 0.15) is 12.6 Å². The number of allylic oxidation sites excluding steroid dienone is 1. The molecule has 3 heteroatoms. The van der Waals surface area contributed by atoms with Gasteiger partial charge >= 0.3 is 0 Å². The zero-order chi connectivity index (χ0) is 10.4. The van der Waals surface area contributed by atoms with E-state index in [2.05, 4.69) is 9.88 Å². The summed E-state index contributed by atoms with van der Waals surface area (Å²) in [5.41, 5.74) is 1.20. The van der Waals surface area contributed by atoms with Crippen molar-refractivity contribution in [3.8, 4) is 0 Å². The molecular weight excluding hydrogens is 176 g/mol. The second kappa shape index (κ2) is 5.27. The Hall–Kier alpha value is -1.51. The number of carbonyl (C=O) groups is 1. The zero-order valence-electron chi connectivity index (χ0n) is 8.66. The molecule has 0 aliphatic carbocycles. The molecule has 0 unspecified atom stereocenters. The maximum atomic E-state index is 11.0. The molecular formula is C11H16N2O. The molecule has 0 aromatic carbocycles. The van der Waals surface area contributed by atoms with Gasteiger partial charge in [-0.25, -0.2) is 0 Å². The van der Waals surface area contributed by atoms with Gasteiger partial charge in [0.25, 0.3) is 0 Å². The number of hydrogen-bond donors (Lipinski definition) is 1. The molecule has 1 aromatic rings. The quantitative estimate of drug-likeness (QED) is 0.720. The third-order valence-corrected chi connectivity index (χ3v) is 1.98. The van der Waals surface area contributed by atoms with Crippen LogP contribution in [-0.2, 0) is 11.3 Å². The molecule has 0 aliphatic rings. The van der Waals surface area contributed by atoms with Crippen LogP contribution >= 0.6 is 0 Å². The van der Waals surface area contributed by atoms with Gasteiger partial charge in [-0.05, 0) is 26.0 Å². The van der Waals surface area contributed by atoms with E-state index in [0.29, 0.717) is 6.54 Å². The highest BCUT2D eigenvalue weighted by Crippen LogP contribution is 1.99. The predicted octanol–water partition coefficient (Wildman–Crippen LogP) is 1.49. The van der Waals surface area contributed by atoms with Crippen molar-refractivity contribution in [3.05, 3.63) is 36.2 Å². The summed E-state index contributed by atoms with van der Waals surface area (Å²) in [5, 5.41) is 2.71. The Morgan fingerprint density at radius 1 is 1.64 bits per heavy atom. The maximum absolute atomic E-state index is 11.0. The van der Waals surface area contributed by atoms with E-state index in [1.54, 1.807) is 6.08 Å². The smallest absolute Gasteiger partial charge is 0.243 e. The van der Waals surface area contributed by atoms with Crippen LogP contribution in [-0.4, -0.2) is 17.0 Å². The first-order valence-electron chi connectivity index (χ1n) is 4.80. The number of likely N-dealkylation sites (N-methyl/N-ethyl adjacent to an activating group) is 1. The van der Waals surface area contributed by atoms with Crippen LogP contribution in [0.2, 0.25) is 0 Å². The molecule has 0 radical (unpaired) electrons. The van der Waals surface area contributed by atoms with E-state index in [1.165, 1.54) is 5.69 Å². The van der Waals surface area contributed by atoms with E-state index in [4.69, 9.17) is 0 Å². The SMILES string of the molecule is CCNC(=O)/C=C/Cn1cccc1C. The summed E-state index contributed by atoms with van der Waals surface area (Å²) in [7, 11) is 0. The fraction of sp³-hybridized carbons (Fsp3) is 0.364. The van der Waals surface area contributed by atoms with Crippen molar-refractivity contribution in [1.82, 2.24) is 9.88 Å². The summed E-state index contributed by atoms with van der Waals surface area (Å²) in [5.74, 6) is -0.0303. The molecule has 0 atom stereocenters. The third kappa shape index (κ3) is 3.09. The topological polar surface area (TPSA) is 34.0 Å². The Labute approximate surface area is 84.4 Å². The van der Waals surface area contributed by atoms with Crippen LogP contribution in [0.5, 0.6) is 0 Å². The molecule has 1 amide bonds. The molecule has 0 bridgehead atoms. The number of nitrogens with one attached hydrogen (secondary N) is 1. The van der Waals surface area contributed by atoms with E-state index < -0.39 is 0 Å². The average molecular weight is 192 g/mol. The van der Waals surface area contributed by atoms with Crippen molar-refractivity contribution in [1.29, 1.82) is 0 Å². The highest BCUT2D eigenvalue weighted by Gasteiger charge is 1.92. The molecule has 1 heterocycles. The summed E-state index contributed by atoms with van der Waals surface area (Å²) in [6, 6.07) is 4.04. The Kier molecular flexibility index (Phi) is 3.98. The molecule has 3 nitrogen and oxygen atoms in total. The summed E-state index contributed by atoms with van der Waals surface area (Å²) in [4.78, 5) is 11.0. The highest BCUT2D eigenvalue weighted by molar-refractivity contribution is 5.87. The van der Waals surface area contributed by atoms with Crippen molar-refractivity contribution in [3.63, 3.8) is 0 Å². The Morgan fingerprint density at radius 3 is 3.00 bits per heavy atom. The van der Waals surface area contributed by atoms with Gasteiger partial charge in [-0.2, -0.15) is 0 Å². The second-order valence-electron chi connectivity index (χ2n) is 3.10. The van der Waals surface area contributed by atoms with Crippen LogP contribution in [0.3, 0.4) is 0 Å². The van der Waals surface area contributed by atoms with Crippen molar-refractivity contribution < 1.29 is 4.79 Å². The molecule has 76 valence electrons. The van der Waals surface area contributed by atoms with Gasteiger partial charge in [0.15, 0.2) is 0 Å². The minimum absolute atomic E-state index is 0.0303. The Bertz CT molecular complexity index is 326. The number of aryl methyl sites for hydroxylation is 1. The first-order valence-corrected chi connectivity index (χ1v) is 4.80. The molecule has 0 fully saturated rings. The van der Waals surface area contributed by atoms with Gasteiger partial charge in [-0.3, -0.25) is 4.79 Å². The lowest BCUT2D eigenvalue weighted by Gasteiger charge is -2.00. The monoisotopic (exact) mass is 192 g/mol. The predicted molar refractivity (Wildman–Crippen MR) is 57.0 cm³/mol. The number of hydrogen-bond acceptors (Lipinski definition) is 1. The normalized spacial score (nSPS) is 10.7. The van der Waals surface area contributed by atoms with E-state index in [1.807, 2.05) is 38.3 Å². The molecule has 1 aromatic heterocycles. The summed E-state index contributed by atoms with van der Waals surface area (Å²) >= 11 is 0. The number of rotatable bonds is 4. The van der Waals surface area contributed by atoms with Crippen molar-refractivity contribution in [2.45, 2.75) is 20.4 Å². The summed E-state index contributed by atoms with van der Waals surface area (Å²) in [6.07, 6.45) is 5.43. The van der Waals surface area contributed by atoms with Crippen LogP contribution in [0.25, 0.3) is 0 Å². The minimum atomic E-state index is -0.0303. The van der Waals surface area contributed by atoms with Gasteiger partial charge in [-0.1, -0.05) is 6.08 Å². The maximum Gasteiger partial charge on any atom is 0.243 e. The van der Waals surface area contributed by atoms with Gasteiger partial charge in [0.2, 0.25) is 5.91 Å². The van der Waals surface area contributed by atoms with Gasteiger partial charge in [-0.15, -0.1) is 0 Å². The van der Waals surface area contributed by atoms with Gasteiger partial charge in [0.05, 0.1) is 0 Å². The van der Waals surface area contributed by atoms with E-state index in [9.17, 15) is 4.79 Å². The number of amides is 1. The lowest BCUT2D eigenvalue weighted by Crippen LogP contribution is -2.19. The fourth-order valence-corrected chi connectivity index (χ4v) is 1.21. The first-order chi connectivity index (χ1) is 6.74. The van der Waals surface area contributed by atoms with Crippen LogP contribution in [0.4, 0.5) is 0 Å². The summed E-state index contributed by atoms with van der Waals surface area (Å²) < 4.78 is 2.08. The standard InChI is InChI=1S/C11H16N2O/c1-3-12-11(14)7-5-9-13-8-4-6-10(13)2/h4-8H,3,9H2,1-2H3,(H,12,14)/b7-5+. The fourth-order valence-electron chi connectivity index (χ4n) is 1.21. The molecule has 1 rings (SSSR count). The lowest BCUT2D eigenvalue weighted by atomic mass is 10.4. The van der Waals surface area contributed by atoms with E-state index in [0.717, 1.165) is 6.54 Å². The molecule has 0 spiro atoms. The Morgan fingerprint density at radius 2 is 2.43 bits per heavy atom. The summed E-state index contributed by atoms with van der Waals surface area (Å²) in [6.45, 7) is 5.36. The number of aromatic nitrogens is 1. The highest BCUT2D eigenvalue weighted by atomic mass is 16.1. The van der Waals surface area contributed by atoms with Crippen molar-refractivity contribution >= 4 is 5.91 Å². The van der Waals surface area contributed by atoms with Crippen molar-refractivity contribution in [2.24, 2.45) is 0 Å². The molecule has 1 N–H and O–H groups in total. The van der Waals surface area contributed by atoms with Gasteiger partial charge in [0.1, 0.15) is 0 Å². The van der Waals surface area contributed by atoms with Crippen LogP contribution in [0.15, 0.2) is 30.5 Å². The van der Waals surface area contributed by atoms with Crippen LogP contribution in [0, 0.1) is 6.92 Å². The molecule has 0 aliphatic heterocycles. The van der Waals surface area contributed by atoms with Gasteiger partial charge < -0.3 is 9.88 Å². The second-order valence-corrected chi connectivity index (χ2v) is 3.10. The Balaban J connectivity index is 2.41. The van der Waals surface area contributed by atoms with E-state index >= 15 is 0 Å². The molecule has 0 saturated heterocycles. The number of carbonyl (C=O) groups excluding carboxylic acids is 1. The molecule has 14 heavy (non-hydrogen) atoms. The lowest BCUT2D eigenvalue weighted by molar-refractivity contribution is -0.116. The van der Waals surface area contributed by atoms with Crippen LogP contribution < -0.4 is 5.32 Å². The van der Waals surface area contributed by atoms with Gasteiger partial charge in [0, 0.05) is 31.1 Å². The first kappa shape index (κ1) is 10.6.